The molecule has 2 aromatic carbocycles. The van der Waals surface area contributed by atoms with Crippen molar-refractivity contribution in [3.63, 3.8) is 0 Å². The van der Waals surface area contributed by atoms with Crippen LogP contribution in [0, 0.1) is 6.92 Å². The number of ketones is 1. The van der Waals surface area contributed by atoms with E-state index in [1.807, 2.05) is 18.5 Å². The van der Waals surface area contributed by atoms with Gasteiger partial charge in [-0.3, -0.25) is 4.79 Å². The van der Waals surface area contributed by atoms with Crippen LogP contribution in [0.25, 0.3) is 10.9 Å². The van der Waals surface area contributed by atoms with Gasteiger partial charge in [-0.15, -0.1) is 0 Å². The molecule has 0 saturated heterocycles. The molecule has 0 saturated carbocycles. The van der Waals surface area contributed by atoms with Crippen LogP contribution in [0.15, 0.2) is 54.7 Å². The topological polar surface area (TPSA) is 34.0 Å². The number of rotatable bonds is 6. The molecule has 130 valence electrons. The lowest BCUT2D eigenvalue weighted by Crippen LogP contribution is -2.40. The minimum absolute atomic E-state index is 0.152. The number of hydrogen-bond acceptors (Lipinski definition) is 3. The van der Waals surface area contributed by atoms with E-state index in [0.29, 0.717) is 6.42 Å². The molecule has 3 aromatic rings. The van der Waals surface area contributed by atoms with E-state index in [4.69, 9.17) is 0 Å². The highest BCUT2D eigenvalue weighted by atomic mass is 32.2. The molecule has 3 rings (SSSR count). The summed E-state index contributed by atoms with van der Waals surface area (Å²) in [5, 5.41) is 1.13. The number of fused-ring (bicyclic) bond motifs is 1. The van der Waals surface area contributed by atoms with Gasteiger partial charge in [-0.1, -0.05) is 54.8 Å². The van der Waals surface area contributed by atoms with Crippen LogP contribution in [-0.2, 0) is 10.3 Å². The Kier molecular flexibility index (Phi) is 4.91. The Morgan fingerprint density at radius 2 is 1.88 bits per heavy atom. The van der Waals surface area contributed by atoms with Gasteiger partial charge in [0, 0.05) is 17.8 Å². The first-order valence-corrected chi connectivity index (χ1v) is 9.74. The Hall–Kier alpha value is -2.20. The maximum absolute atomic E-state index is 12.9. The normalized spacial score (nSPS) is 13.6. The van der Waals surface area contributed by atoms with Crippen LogP contribution in [0.4, 0.5) is 5.69 Å². The van der Waals surface area contributed by atoms with Gasteiger partial charge in [0.15, 0.2) is 5.78 Å². The molecular formula is C21H24N2OS. The SMILES string of the molecule is CCC(C(C)=O)(c1ccc(C)cc1)n1ccc2c(NSC)cccc21. The first-order chi connectivity index (χ1) is 12.0. The highest BCUT2D eigenvalue weighted by Gasteiger charge is 2.38. The zero-order chi connectivity index (χ0) is 18.0. The maximum atomic E-state index is 12.9. The molecule has 0 fully saturated rings. The van der Waals surface area contributed by atoms with E-state index in [-0.39, 0.29) is 5.78 Å². The number of anilines is 1. The Balaban J connectivity index is 2.28. The summed E-state index contributed by atoms with van der Waals surface area (Å²) in [5.41, 5.74) is 3.68. The van der Waals surface area contributed by atoms with Crippen molar-refractivity contribution in [1.29, 1.82) is 0 Å². The van der Waals surface area contributed by atoms with Crippen molar-refractivity contribution in [3.8, 4) is 0 Å². The predicted molar refractivity (Wildman–Crippen MR) is 108 cm³/mol. The second-order valence-corrected chi connectivity index (χ2v) is 6.98. The third-order valence-electron chi connectivity index (χ3n) is 4.98. The minimum Gasteiger partial charge on any atom is -0.330 e. The van der Waals surface area contributed by atoms with Gasteiger partial charge >= 0.3 is 0 Å². The smallest absolute Gasteiger partial charge is 0.160 e. The molecule has 3 nitrogen and oxygen atoms in total. The summed E-state index contributed by atoms with van der Waals surface area (Å²) in [5.74, 6) is 0.152. The summed E-state index contributed by atoms with van der Waals surface area (Å²) in [7, 11) is 0. The van der Waals surface area contributed by atoms with E-state index in [2.05, 4.69) is 65.6 Å². The van der Waals surface area contributed by atoms with E-state index in [1.165, 1.54) is 5.56 Å². The summed E-state index contributed by atoms with van der Waals surface area (Å²) < 4.78 is 5.47. The van der Waals surface area contributed by atoms with Gasteiger partial charge in [-0.2, -0.15) is 0 Å². The molecule has 0 amide bonds. The van der Waals surface area contributed by atoms with Gasteiger partial charge in [0.25, 0.3) is 0 Å². The molecule has 0 aliphatic carbocycles. The van der Waals surface area contributed by atoms with Crippen molar-refractivity contribution in [2.75, 3.05) is 11.0 Å². The lowest BCUT2D eigenvalue weighted by atomic mass is 9.83. The number of carbonyl (C=O) groups excluding carboxylic acids is 1. The lowest BCUT2D eigenvalue weighted by molar-refractivity contribution is -0.123. The van der Waals surface area contributed by atoms with Gasteiger partial charge in [0.05, 0.1) is 11.2 Å². The van der Waals surface area contributed by atoms with Gasteiger partial charge in [0.1, 0.15) is 5.54 Å². The first kappa shape index (κ1) is 17.6. The molecule has 0 aliphatic heterocycles. The average Bonchev–Trinajstić information content (AvgIpc) is 3.03. The average molecular weight is 353 g/mol. The van der Waals surface area contributed by atoms with Gasteiger partial charge in [0.2, 0.25) is 0 Å². The third-order valence-corrected chi connectivity index (χ3v) is 5.40. The molecule has 1 unspecified atom stereocenters. The number of aryl methyl sites for hydroxylation is 1. The molecule has 1 heterocycles. The summed E-state index contributed by atoms with van der Waals surface area (Å²) in [6.45, 7) is 5.84. The number of aromatic nitrogens is 1. The van der Waals surface area contributed by atoms with Crippen molar-refractivity contribution in [2.24, 2.45) is 0 Å². The molecule has 25 heavy (non-hydrogen) atoms. The number of nitrogens with one attached hydrogen (secondary N) is 1. The Morgan fingerprint density at radius 3 is 2.48 bits per heavy atom. The Bertz CT molecular complexity index is 898. The van der Waals surface area contributed by atoms with E-state index >= 15 is 0 Å². The molecule has 0 spiro atoms. The Morgan fingerprint density at radius 1 is 1.16 bits per heavy atom. The fraction of sp³-hybridized carbons (Fsp3) is 0.286. The van der Waals surface area contributed by atoms with Crippen LogP contribution in [0.1, 0.15) is 31.4 Å². The summed E-state index contributed by atoms with van der Waals surface area (Å²) in [6.07, 6.45) is 4.75. The molecule has 1 atom stereocenters. The van der Waals surface area contributed by atoms with Gasteiger partial charge < -0.3 is 9.29 Å². The molecule has 0 aliphatic rings. The largest absolute Gasteiger partial charge is 0.330 e. The lowest BCUT2D eigenvalue weighted by Gasteiger charge is -2.34. The van der Waals surface area contributed by atoms with Crippen molar-refractivity contribution in [1.82, 2.24) is 4.57 Å². The van der Waals surface area contributed by atoms with Crippen LogP contribution in [0.2, 0.25) is 0 Å². The first-order valence-electron chi connectivity index (χ1n) is 8.52. The van der Waals surface area contributed by atoms with Crippen LogP contribution in [0.3, 0.4) is 0 Å². The number of nitrogens with zero attached hydrogens (tertiary/aromatic N) is 1. The van der Waals surface area contributed by atoms with Crippen LogP contribution in [0.5, 0.6) is 0 Å². The molecule has 4 heteroatoms. The molecule has 0 radical (unpaired) electrons. The van der Waals surface area contributed by atoms with Gasteiger partial charge in [-0.25, -0.2) is 0 Å². The van der Waals surface area contributed by atoms with E-state index in [9.17, 15) is 4.79 Å². The Labute approximate surface area is 153 Å². The van der Waals surface area contributed by atoms with Gasteiger partial charge in [-0.05, 0) is 44.0 Å². The standard InChI is InChI=1S/C21H24N2OS/c1-5-21(16(3)24,17-11-9-15(2)10-12-17)23-14-13-18-19(22-25-4)7-6-8-20(18)23/h6-14,22H,5H2,1-4H3. The number of Topliss-reactive ketones (excluding diaryl/α,β-unsaturated/α-hetero) is 1. The highest BCUT2D eigenvalue weighted by Crippen LogP contribution is 2.37. The third kappa shape index (κ3) is 2.85. The maximum Gasteiger partial charge on any atom is 0.160 e. The van der Waals surface area contributed by atoms with E-state index < -0.39 is 5.54 Å². The van der Waals surface area contributed by atoms with Crippen molar-refractivity contribution >= 4 is 34.3 Å². The van der Waals surface area contributed by atoms with Crippen LogP contribution in [-0.4, -0.2) is 16.6 Å². The number of carbonyl (C=O) groups is 1. The van der Waals surface area contributed by atoms with Crippen molar-refractivity contribution in [3.05, 3.63) is 65.9 Å². The predicted octanol–water partition coefficient (Wildman–Crippen LogP) is 5.38. The molecule has 0 bridgehead atoms. The van der Waals surface area contributed by atoms with Crippen molar-refractivity contribution < 1.29 is 4.79 Å². The van der Waals surface area contributed by atoms with Crippen molar-refractivity contribution in [2.45, 2.75) is 32.7 Å². The quantitative estimate of drug-likeness (QED) is 0.605. The second-order valence-electron chi connectivity index (χ2n) is 6.37. The van der Waals surface area contributed by atoms with Crippen LogP contribution < -0.4 is 4.72 Å². The minimum atomic E-state index is -0.687. The summed E-state index contributed by atoms with van der Waals surface area (Å²) in [4.78, 5) is 12.9. The monoisotopic (exact) mass is 352 g/mol. The fourth-order valence-corrected chi connectivity index (χ4v) is 4.06. The van der Waals surface area contributed by atoms with E-state index in [0.717, 1.165) is 22.2 Å². The van der Waals surface area contributed by atoms with E-state index in [1.54, 1.807) is 18.9 Å². The van der Waals surface area contributed by atoms with Crippen LogP contribution >= 0.6 is 11.9 Å². The molecule has 1 aromatic heterocycles. The highest BCUT2D eigenvalue weighted by molar-refractivity contribution is 7.99. The zero-order valence-corrected chi connectivity index (χ0v) is 16.0. The zero-order valence-electron chi connectivity index (χ0n) is 15.2. The number of hydrogen-bond donors (Lipinski definition) is 1. The summed E-state index contributed by atoms with van der Waals surface area (Å²) in [6, 6.07) is 16.6. The summed E-state index contributed by atoms with van der Waals surface area (Å²) >= 11 is 1.57. The fourth-order valence-electron chi connectivity index (χ4n) is 3.66. The molecular weight excluding hydrogens is 328 g/mol. The molecule has 1 N–H and O–H groups in total. The number of benzene rings is 2. The second kappa shape index (κ2) is 6.96.